The predicted octanol–water partition coefficient (Wildman–Crippen LogP) is 5.91. The Kier molecular flexibility index (Phi) is 7.26. The summed E-state index contributed by atoms with van der Waals surface area (Å²) in [7, 11) is -3.99. The molecule has 1 N–H and O–H groups in total. The second kappa shape index (κ2) is 9.76. The minimum absolute atomic E-state index is 0.100. The summed E-state index contributed by atoms with van der Waals surface area (Å²) < 4.78 is 28.0. The Morgan fingerprint density at radius 3 is 2.28 bits per heavy atom. The molecule has 0 atom stereocenters. The monoisotopic (exact) mass is 470 g/mol. The first-order valence-corrected chi connectivity index (χ1v) is 12.2. The average molecular weight is 471 g/mol. The molecule has 3 aromatic carbocycles. The lowest BCUT2D eigenvalue weighted by atomic mass is 9.98. The summed E-state index contributed by atoms with van der Waals surface area (Å²) in [4.78, 5) is 13.2. The van der Waals surface area contributed by atoms with E-state index in [2.05, 4.69) is 5.32 Å². The number of benzene rings is 3. The van der Waals surface area contributed by atoms with Crippen molar-refractivity contribution in [2.45, 2.75) is 38.5 Å². The zero-order valence-corrected chi connectivity index (χ0v) is 20.2. The highest BCUT2D eigenvalue weighted by Gasteiger charge is 2.28. The molecule has 7 heteroatoms. The van der Waals surface area contributed by atoms with E-state index in [1.54, 1.807) is 36.4 Å². The van der Waals surface area contributed by atoms with Crippen LogP contribution in [0.3, 0.4) is 0 Å². The van der Waals surface area contributed by atoms with Gasteiger partial charge in [0.05, 0.1) is 10.6 Å². The summed E-state index contributed by atoms with van der Waals surface area (Å²) in [5.41, 5.74) is 3.77. The van der Waals surface area contributed by atoms with Crippen LogP contribution in [0, 0.1) is 13.8 Å². The molecule has 3 aromatic rings. The van der Waals surface area contributed by atoms with Crippen molar-refractivity contribution in [3.05, 3.63) is 88.4 Å². The maximum absolute atomic E-state index is 13.5. The van der Waals surface area contributed by atoms with E-state index in [4.69, 9.17) is 11.6 Å². The van der Waals surface area contributed by atoms with Gasteiger partial charge in [-0.25, -0.2) is 8.42 Å². The van der Waals surface area contributed by atoms with E-state index in [0.717, 1.165) is 21.0 Å². The molecule has 0 saturated carbocycles. The smallest absolute Gasteiger partial charge is 0.264 e. The van der Waals surface area contributed by atoms with Crippen LogP contribution >= 0.6 is 11.6 Å². The average Bonchev–Trinajstić information content (AvgIpc) is 2.76. The van der Waals surface area contributed by atoms with E-state index in [9.17, 15) is 13.2 Å². The van der Waals surface area contributed by atoms with Crippen molar-refractivity contribution in [3.63, 3.8) is 0 Å². The SMILES string of the molecule is Cc1ccc(N(CC(=O)Nc2c(C)cccc2C(C)C)S(=O)(=O)c2ccccc2)cc1Cl. The lowest BCUT2D eigenvalue weighted by Crippen LogP contribution is -2.38. The van der Waals surface area contributed by atoms with Crippen molar-refractivity contribution in [2.24, 2.45) is 0 Å². The maximum atomic E-state index is 13.5. The molecule has 168 valence electrons. The number of hydrogen-bond donors (Lipinski definition) is 1. The molecular formula is C25H27ClN2O3S. The molecule has 3 rings (SSSR count). The Hall–Kier alpha value is -2.83. The number of carbonyl (C=O) groups is 1. The zero-order chi connectivity index (χ0) is 23.5. The van der Waals surface area contributed by atoms with Crippen LogP contribution in [0.1, 0.15) is 36.5 Å². The number of nitrogens with one attached hydrogen (secondary N) is 1. The first kappa shape index (κ1) is 23.8. The molecule has 0 aliphatic carbocycles. The number of hydrogen-bond acceptors (Lipinski definition) is 3. The van der Waals surface area contributed by atoms with Gasteiger partial charge in [0.15, 0.2) is 0 Å². The van der Waals surface area contributed by atoms with Gasteiger partial charge in [0.1, 0.15) is 6.54 Å². The lowest BCUT2D eigenvalue weighted by Gasteiger charge is -2.25. The van der Waals surface area contributed by atoms with Gasteiger partial charge in [-0.15, -0.1) is 0 Å². The molecule has 0 radical (unpaired) electrons. The Balaban J connectivity index is 2.00. The lowest BCUT2D eigenvalue weighted by molar-refractivity contribution is -0.114. The molecule has 0 aliphatic heterocycles. The maximum Gasteiger partial charge on any atom is 0.264 e. The molecule has 0 spiro atoms. The van der Waals surface area contributed by atoms with Gasteiger partial charge in [-0.2, -0.15) is 0 Å². The van der Waals surface area contributed by atoms with Gasteiger partial charge >= 0.3 is 0 Å². The van der Waals surface area contributed by atoms with Gasteiger partial charge in [-0.3, -0.25) is 9.10 Å². The second-order valence-corrected chi connectivity index (χ2v) is 10.3. The molecule has 0 bridgehead atoms. The number of halogens is 1. The fourth-order valence-corrected chi connectivity index (χ4v) is 5.03. The highest BCUT2D eigenvalue weighted by Crippen LogP contribution is 2.30. The number of nitrogens with zero attached hydrogens (tertiary/aromatic N) is 1. The van der Waals surface area contributed by atoms with Crippen LogP contribution in [0.15, 0.2) is 71.6 Å². The Labute approximate surface area is 195 Å². The molecule has 0 aromatic heterocycles. The molecule has 0 aliphatic rings. The summed E-state index contributed by atoms with van der Waals surface area (Å²) in [6.07, 6.45) is 0. The number of aryl methyl sites for hydroxylation is 2. The van der Waals surface area contributed by atoms with Crippen molar-refractivity contribution in [1.29, 1.82) is 0 Å². The second-order valence-electron chi connectivity index (χ2n) is 8.00. The van der Waals surface area contributed by atoms with Crippen molar-refractivity contribution < 1.29 is 13.2 Å². The normalized spacial score (nSPS) is 11.4. The van der Waals surface area contributed by atoms with Gasteiger partial charge in [0.2, 0.25) is 5.91 Å². The fraction of sp³-hybridized carbons (Fsp3) is 0.240. The standard InChI is InChI=1S/C25H27ClN2O3S/c1-17(2)22-12-8-9-19(4)25(22)27-24(29)16-28(20-14-13-18(3)23(26)15-20)32(30,31)21-10-6-5-7-11-21/h5-15,17H,16H2,1-4H3,(H,27,29). The molecular weight excluding hydrogens is 444 g/mol. The van der Waals surface area contributed by atoms with Crippen LogP contribution in [0.25, 0.3) is 0 Å². The summed E-state index contributed by atoms with van der Waals surface area (Å²) in [5.74, 6) is -0.234. The van der Waals surface area contributed by atoms with Crippen LogP contribution in [0.2, 0.25) is 5.02 Å². The van der Waals surface area contributed by atoms with Crippen LogP contribution in [0.5, 0.6) is 0 Å². The summed E-state index contributed by atoms with van der Waals surface area (Å²) in [6.45, 7) is 7.46. The van der Waals surface area contributed by atoms with E-state index in [0.29, 0.717) is 16.4 Å². The Bertz CT molecular complexity index is 1230. The van der Waals surface area contributed by atoms with E-state index in [-0.39, 0.29) is 17.4 Å². The molecule has 5 nitrogen and oxygen atoms in total. The Morgan fingerprint density at radius 2 is 1.66 bits per heavy atom. The Morgan fingerprint density at radius 1 is 0.969 bits per heavy atom. The number of carbonyl (C=O) groups excluding carboxylic acids is 1. The van der Waals surface area contributed by atoms with Crippen molar-refractivity contribution in [2.75, 3.05) is 16.2 Å². The molecule has 0 fully saturated rings. The summed E-state index contributed by atoms with van der Waals surface area (Å²) in [6, 6.07) is 18.8. The number of amides is 1. The van der Waals surface area contributed by atoms with E-state index in [1.807, 2.05) is 45.9 Å². The third kappa shape index (κ3) is 5.14. The van der Waals surface area contributed by atoms with Crippen LogP contribution in [-0.4, -0.2) is 20.9 Å². The van der Waals surface area contributed by atoms with Crippen LogP contribution in [0.4, 0.5) is 11.4 Å². The molecule has 32 heavy (non-hydrogen) atoms. The number of rotatable bonds is 7. The third-order valence-corrected chi connectivity index (χ3v) is 7.45. The van der Waals surface area contributed by atoms with Gasteiger partial charge < -0.3 is 5.32 Å². The quantitative estimate of drug-likeness (QED) is 0.466. The minimum atomic E-state index is -3.99. The van der Waals surface area contributed by atoms with Crippen LogP contribution < -0.4 is 9.62 Å². The highest BCUT2D eigenvalue weighted by atomic mass is 35.5. The van der Waals surface area contributed by atoms with Gasteiger partial charge in [-0.05, 0) is 60.7 Å². The zero-order valence-electron chi connectivity index (χ0n) is 18.6. The van der Waals surface area contributed by atoms with Gasteiger partial charge in [-0.1, -0.05) is 67.9 Å². The third-order valence-electron chi connectivity index (χ3n) is 5.25. The molecule has 0 unspecified atom stereocenters. The topological polar surface area (TPSA) is 66.5 Å². The summed E-state index contributed by atoms with van der Waals surface area (Å²) in [5, 5.41) is 3.36. The van der Waals surface area contributed by atoms with Gasteiger partial charge in [0.25, 0.3) is 10.0 Å². The van der Waals surface area contributed by atoms with Crippen molar-refractivity contribution >= 4 is 38.9 Å². The van der Waals surface area contributed by atoms with Crippen LogP contribution in [-0.2, 0) is 14.8 Å². The molecule has 0 heterocycles. The number of para-hydroxylation sites is 1. The van der Waals surface area contributed by atoms with E-state index < -0.39 is 15.9 Å². The fourth-order valence-electron chi connectivity index (χ4n) is 3.42. The largest absolute Gasteiger partial charge is 0.324 e. The first-order valence-electron chi connectivity index (χ1n) is 10.3. The minimum Gasteiger partial charge on any atom is -0.324 e. The first-order chi connectivity index (χ1) is 15.1. The molecule has 1 amide bonds. The van der Waals surface area contributed by atoms with E-state index in [1.165, 1.54) is 12.1 Å². The van der Waals surface area contributed by atoms with Crippen molar-refractivity contribution in [1.82, 2.24) is 0 Å². The van der Waals surface area contributed by atoms with Crippen molar-refractivity contribution in [3.8, 4) is 0 Å². The number of sulfonamides is 1. The van der Waals surface area contributed by atoms with E-state index >= 15 is 0 Å². The highest BCUT2D eigenvalue weighted by molar-refractivity contribution is 7.92. The summed E-state index contributed by atoms with van der Waals surface area (Å²) >= 11 is 6.27. The number of anilines is 2. The van der Waals surface area contributed by atoms with Gasteiger partial charge in [0, 0.05) is 10.7 Å². The predicted molar refractivity (Wildman–Crippen MR) is 131 cm³/mol. The molecule has 0 saturated heterocycles.